The van der Waals surface area contributed by atoms with Crippen molar-refractivity contribution >= 4 is 18.6 Å². The van der Waals surface area contributed by atoms with Crippen LogP contribution in [0, 0.1) is 5.92 Å². The summed E-state index contributed by atoms with van der Waals surface area (Å²) in [5.74, 6) is 1.27. The minimum absolute atomic E-state index is 0.601. The first-order valence-electron chi connectivity index (χ1n) is 3.93. The van der Waals surface area contributed by atoms with Crippen molar-refractivity contribution in [3.63, 3.8) is 0 Å². The Balaban J connectivity index is 2.48. The number of thiol groups is 1. The lowest BCUT2D eigenvalue weighted by Crippen LogP contribution is -2.10. The first kappa shape index (κ1) is 9.32. The monoisotopic (exact) mass is 183 g/mol. The van der Waals surface area contributed by atoms with Gasteiger partial charge in [0.25, 0.3) is 0 Å². The maximum Gasteiger partial charge on any atom is 0.222 e. The zero-order valence-corrected chi connectivity index (χ0v) is 8.18. The maximum atomic E-state index is 4.09. The molecule has 1 rings (SSSR count). The Hall–Kier alpha value is -0.770. The van der Waals surface area contributed by atoms with E-state index in [9.17, 15) is 0 Å². The van der Waals surface area contributed by atoms with Crippen molar-refractivity contribution in [3.8, 4) is 0 Å². The predicted octanol–water partition coefficient (Wildman–Crippen LogP) is 1.83. The summed E-state index contributed by atoms with van der Waals surface area (Å²) >= 11 is 4.09. The molecule has 0 radical (unpaired) electrons. The molecule has 0 spiro atoms. The number of nitrogens with zero attached hydrogens (tertiary/aromatic N) is 2. The van der Waals surface area contributed by atoms with E-state index in [1.54, 1.807) is 12.4 Å². The Bertz CT molecular complexity index is 233. The van der Waals surface area contributed by atoms with Crippen molar-refractivity contribution in [2.75, 3.05) is 11.9 Å². The molecule has 0 atom stereocenters. The second-order valence-corrected chi connectivity index (χ2v) is 3.56. The zero-order valence-electron chi connectivity index (χ0n) is 7.28. The normalized spacial score (nSPS) is 10.3. The minimum atomic E-state index is 0.601. The minimum Gasteiger partial charge on any atom is -0.354 e. The third-order valence-corrected chi connectivity index (χ3v) is 1.54. The highest BCUT2D eigenvalue weighted by molar-refractivity contribution is 7.80. The summed E-state index contributed by atoms with van der Waals surface area (Å²) < 4.78 is 0. The van der Waals surface area contributed by atoms with Crippen LogP contribution in [0.2, 0.25) is 0 Å². The summed E-state index contributed by atoms with van der Waals surface area (Å²) in [6.07, 6.45) is 3.36. The van der Waals surface area contributed by atoms with E-state index in [1.165, 1.54) is 0 Å². The van der Waals surface area contributed by atoms with Gasteiger partial charge in [0, 0.05) is 23.8 Å². The second-order valence-electron chi connectivity index (χ2n) is 3.04. The van der Waals surface area contributed by atoms with Gasteiger partial charge in [0.1, 0.15) is 0 Å². The molecule has 1 aromatic heterocycles. The van der Waals surface area contributed by atoms with Crippen LogP contribution in [0.1, 0.15) is 13.8 Å². The number of rotatable bonds is 3. The van der Waals surface area contributed by atoms with Crippen LogP contribution in [-0.4, -0.2) is 16.5 Å². The summed E-state index contributed by atoms with van der Waals surface area (Å²) in [5.41, 5.74) is 0. The molecule has 0 aromatic carbocycles. The van der Waals surface area contributed by atoms with Gasteiger partial charge in [-0.25, -0.2) is 9.97 Å². The number of aromatic nitrogens is 2. The van der Waals surface area contributed by atoms with Crippen molar-refractivity contribution in [2.45, 2.75) is 18.7 Å². The van der Waals surface area contributed by atoms with Crippen LogP contribution < -0.4 is 5.32 Å². The third kappa shape index (κ3) is 3.09. The second kappa shape index (κ2) is 4.30. The summed E-state index contributed by atoms with van der Waals surface area (Å²) in [7, 11) is 0. The lowest BCUT2D eigenvalue weighted by Gasteiger charge is -2.06. The van der Waals surface area contributed by atoms with Crippen LogP contribution in [0.3, 0.4) is 0 Å². The first-order valence-corrected chi connectivity index (χ1v) is 4.38. The van der Waals surface area contributed by atoms with Crippen molar-refractivity contribution in [2.24, 2.45) is 5.92 Å². The predicted molar refractivity (Wildman–Crippen MR) is 52.6 cm³/mol. The molecule has 0 saturated carbocycles. The highest BCUT2D eigenvalue weighted by Crippen LogP contribution is 2.04. The summed E-state index contributed by atoms with van der Waals surface area (Å²) in [6, 6.07) is 0. The van der Waals surface area contributed by atoms with Crippen LogP contribution >= 0.6 is 12.6 Å². The van der Waals surface area contributed by atoms with E-state index >= 15 is 0 Å². The van der Waals surface area contributed by atoms with Crippen LogP contribution in [0.5, 0.6) is 0 Å². The molecule has 12 heavy (non-hydrogen) atoms. The van der Waals surface area contributed by atoms with Crippen molar-refractivity contribution in [1.29, 1.82) is 0 Å². The van der Waals surface area contributed by atoms with Gasteiger partial charge in [0.05, 0.1) is 0 Å². The van der Waals surface area contributed by atoms with Gasteiger partial charge in [-0.15, -0.1) is 12.6 Å². The number of hydrogen-bond donors (Lipinski definition) is 2. The zero-order chi connectivity index (χ0) is 8.97. The van der Waals surface area contributed by atoms with Crippen LogP contribution in [0.15, 0.2) is 17.3 Å². The molecule has 1 aromatic rings. The molecule has 1 N–H and O–H groups in total. The van der Waals surface area contributed by atoms with E-state index in [0.717, 1.165) is 11.4 Å². The topological polar surface area (TPSA) is 37.8 Å². The lowest BCUT2D eigenvalue weighted by molar-refractivity contribution is 0.684. The number of nitrogens with one attached hydrogen (secondary N) is 1. The van der Waals surface area contributed by atoms with E-state index < -0.39 is 0 Å². The summed E-state index contributed by atoms with van der Waals surface area (Å²) in [6.45, 7) is 5.17. The van der Waals surface area contributed by atoms with Gasteiger partial charge < -0.3 is 5.32 Å². The maximum absolute atomic E-state index is 4.09. The molecule has 0 aliphatic rings. The van der Waals surface area contributed by atoms with Crippen molar-refractivity contribution in [1.82, 2.24) is 9.97 Å². The molecule has 0 aliphatic heterocycles. The van der Waals surface area contributed by atoms with E-state index in [4.69, 9.17) is 0 Å². The van der Waals surface area contributed by atoms with E-state index in [1.807, 2.05) is 0 Å². The molecule has 1 heterocycles. The Morgan fingerprint density at radius 3 is 2.50 bits per heavy atom. The molecule has 0 amide bonds. The van der Waals surface area contributed by atoms with Crippen LogP contribution in [0.4, 0.5) is 5.95 Å². The Kier molecular flexibility index (Phi) is 3.34. The Morgan fingerprint density at radius 1 is 1.42 bits per heavy atom. The van der Waals surface area contributed by atoms with Gasteiger partial charge in [-0.2, -0.15) is 0 Å². The molecule has 0 fully saturated rings. The molecule has 0 bridgehead atoms. The van der Waals surface area contributed by atoms with E-state index in [-0.39, 0.29) is 0 Å². The molecule has 4 heteroatoms. The van der Waals surface area contributed by atoms with Gasteiger partial charge in [-0.3, -0.25) is 0 Å². The van der Waals surface area contributed by atoms with Crippen molar-refractivity contribution in [3.05, 3.63) is 12.4 Å². The van der Waals surface area contributed by atoms with Gasteiger partial charge in [-0.1, -0.05) is 13.8 Å². The van der Waals surface area contributed by atoms with Gasteiger partial charge in [-0.05, 0) is 5.92 Å². The molecule has 0 aliphatic carbocycles. The number of hydrogen-bond acceptors (Lipinski definition) is 4. The average Bonchev–Trinajstić information content (AvgIpc) is 2.03. The smallest absolute Gasteiger partial charge is 0.222 e. The van der Waals surface area contributed by atoms with Gasteiger partial charge in [0.15, 0.2) is 0 Å². The quantitative estimate of drug-likeness (QED) is 0.702. The number of anilines is 1. The van der Waals surface area contributed by atoms with E-state index in [2.05, 4.69) is 41.8 Å². The van der Waals surface area contributed by atoms with Crippen LogP contribution in [-0.2, 0) is 0 Å². The molecular weight excluding hydrogens is 170 g/mol. The summed E-state index contributed by atoms with van der Waals surface area (Å²) in [4.78, 5) is 8.89. The van der Waals surface area contributed by atoms with Crippen molar-refractivity contribution < 1.29 is 0 Å². The third-order valence-electron chi connectivity index (χ3n) is 1.31. The standard InChI is InChI=1S/C8H13N3S/c1-6(2)3-9-8-10-4-7(12)5-11-8/h4-6,12H,3H2,1-2H3,(H,9,10,11). The Morgan fingerprint density at radius 2 is 2.00 bits per heavy atom. The summed E-state index contributed by atoms with van der Waals surface area (Å²) in [5, 5.41) is 3.12. The fourth-order valence-corrected chi connectivity index (χ4v) is 0.823. The van der Waals surface area contributed by atoms with Crippen LogP contribution in [0.25, 0.3) is 0 Å². The highest BCUT2D eigenvalue weighted by atomic mass is 32.1. The molecule has 66 valence electrons. The average molecular weight is 183 g/mol. The molecular formula is C8H13N3S. The van der Waals surface area contributed by atoms with Gasteiger partial charge in [0.2, 0.25) is 5.95 Å². The van der Waals surface area contributed by atoms with Gasteiger partial charge >= 0.3 is 0 Å². The SMILES string of the molecule is CC(C)CNc1ncc(S)cn1. The fraction of sp³-hybridized carbons (Fsp3) is 0.500. The van der Waals surface area contributed by atoms with E-state index in [0.29, 0.717) is 11.9 Å². The molecule has 0 saturated heterocycles. The molecule has 0 unspecified atom stereocenters. The fourth-order valence-electron chi connectivity index (χ4n) is 0.708. The Labute approximate surface area is 78.0 Å². The lowest BCUT2D eigenvalue weighted by atomic mass is 10.2. The highest BCUT2D eigenvalue weighted by Gasteiger charge is 1.96. The molecule has 3 nitrogen and oxygen atoms in total. The first-order chi connectivity index (χ1) is 5.68. The largest absolute Gasteiger partial charge is 0.354 e.